The van der Waals surface area contributed by atoms with E-state index in [0.29, 0.717) is 11.4 Å². The lowest BCUT2D eigenvalue weighted by molar-refractivity contribution is -0.123. The molecule has 0 fully saturated rings. The van der Waals surface area contributed by atoms with E-state index in [4.69, 9.17) is 0 Å². The maximum Gasteiger partial charge on any atom is 0.405 e. The van der Waals surface area contributed by atoms with E-state index in [-0.39, 0.29) is 11.6 Å². The number of carbonyl (C=O) groups is 1. The van der Waals surface area contributed by atoms with Crippen LogP contribution in [0.2, 0.25) is 0 Å². The first kappa shape index (κ1) is 13.2. The van der Waals surface area contributed by atoms with E-state index in [1.807, 2.05) is 0 Å². The van der Waals surface area contributed by atoms with Gasteiger partial charge in [0.15, 0.2) is 0 Å². The molecule has 0 saturated heterocycles. The summed E-state index contributed by atoms with van der Waals surface area (Å²) < 4.78 is 37.2. The Hall–Kier alpha value is -2.19. The van der Waals surface area contributed by atoms with E-state index < -0.39 is 18.6 Å². The number of halogens is 3. The fraction of sp³-hybridized carbons (Fsp3) is 0.400. The Morgan fingerprint density at radius 1 is 1.37 bits per heavy atom. The molecule has 2 heterocycles. The van der Waals surface area contributed by atoms with Crippen LogP contribution in [0, 0.1) is 13.8 Å². The van der Waals surface area contributed by atoms with Crippen LogP contribution in [0.3, 0.4) is 0 Å². The number of amides is 1. The minimum atomic E-state index is -4.47. The van der Waals surface area contributed by atoms with Crippen LogP contribution in [0.25, 0.3) is 5.78 Å². The highest BCUT2D eigenvalue weighted by molar-refractivity contribution is 5.90. The zero-order valence-corrected chi connectivity index (χ0v) is 10.1. The van der Waals surface area contributed by atoms with Crippen molar-refractivity contribution >= 4 is 11.7 Å². The Bertz CT molecular complexity index is 634. The van der Waals surface area contributed by atoms with Crippen molar-refractivity contribution in [3.8, 4) is 0 Å². The summed E-state index contributed by atoms with van der Waals surface area (Å²) in [5.41, 5.74) is 1.37. The molecule has 19 heavy (non-hydrogen) atoms. The molecule has 0 saturated carbocycles. The second-order valence-electron chi connectivity index (χ2n) is 3.98. The Balaban J connectivity index is 2.26. The first-order valence-corrected chi connectivity index (χ1v) is 5.32. The minimum absolute atomic E-state index is 0.176. The number of fused-ring (bicyclic) bond motifs is 1. The lowest BCUT2D eigenvalue weighted by Gasteiger charge is -2.05. The van der Waals surface area contributed by atoms with Gasteiger partial charge in [0.25, 0.3) is 11.7 Å². The average Bonchev–Trinajstić information content (AvgIpc) is 2.68. The number of rotatable bonds is 2. The summed E-state index contributed by atoms with van der Waals surface area (Å²) in [5, 5.41) is 5.52. The largest absolute Gasteiger partial charge is 0.405 e. The molecule has 9 heteroatoms. The fourth-order valence-corrected chi connectivity index (χ4v) is 1.52. The topological polar surface area (TPSA) is 72.2 Å². The molecule has 2 aromatic rings. The number of hydrogen-bond acceptors (Lipinski definition) is 4. The van der Waals surface area contributed by atoms with Crippen LogP contribution in [0.4, 0.5) is 13.2 Å². The van der Waals surface area contributed by atoms with Gasteiger partial charge in [-0.15, -0.1) is 5.10 Å². The molecule has 1 N–H and O–H groups in total. The quantitative estimate of drug-likeness (QED) is 0.887. The molecule has 0 atom stereocenters. The zero-order valence-electron chi connectivity index (χ0n) is 10.1. The van der Waals surface area contributed by atoms with Gasteiger partial charge in [0, 0.05) is 11.4 Å². The molecule has 0 radical (unpaired) electrons. The summed E-state index contributed by atoms with van der Waals surface area (Å²) in [6.07, 6.45) is -4.47. The number of aromatic nitrogens is 4. The molecule has 102 valence electrons. The minimum Gasteiger partial charge on any atom is -0.340 e. The molecule has 0 spiro atoms. The predicted octanol–water partition coefficient (Wildman–Crippen LogP) is 1.03. The Labute approximate surface area is 105 Å². The number of alkyl halides is 3. The van der Waals surface area contributed by atoms with E-state index in [1.54, 1.807) is 25.2 Å². The number of aryl methyl sites for hydroxylation is 2. The molecule has 0 bridgehead atoms. The number of carbonyl (C=O) groups excluding carboxylic acids is 1. The summed E-state index contributed by atoms with van der Waals surface area (Å²) in [6.45, 7) is 2.05. The Morgan fingerprint density at radius 2 is 2.05 bits per heavy atom. The molecule has 0 aliphatic carbocycles. The SMILES string of the molecule is Cc1cc(C)n2nc(C(=O)NCC(F)(F)F)nc2n1. The van der Waals surface area contributed by atoms with Crippen LogP contribution < -0.4 is 5.32 Å². The van der Waals surface area contributed by atoms with Crippen molar-refractivity contribution in [1.82, 2.24) is 24.9 Å². The Kier molecular flexibility index (Phi) is 3.13. The van der Waals surface area contributed by atoms with Gasteiger partial charge in [-0.2, -0.15) is 18.2 Å². The van der Waals surface area contributed by atoms with Crippen molar-refractivity contribution in [3.05, 3.63) is 23.3 Å². The van der Waals surface area contributed by atoms with Gasteiger partial charge in [0.1, 0.15) is 6.54 Å². The van der Waals surface area contributed by atoms with Gasteiger partial charge in [-0.3, -0.25) is 4.79 Å². The lowest BCUT2D eigenvalue weighted by atomic mass is 10.4. The maximum atomic E-state index is 12.0. The molecule has 1 amide bonds. The highest BCUT2D eigenvalue weighted by atomic mass is 19.4. The van der Waals surface area contributed by atoms with Crippen molar-refractivity contribution in [1.29, 1.82) is 0 Å². The summed E-state index contributed by atoms with van der Waals surface area (Å²) in [5.74, 6) is -1.15. The fourth-order valence-electron chi connectivity index (χ4n) is 1.52. The van der Waals surface area contributed by atoms with Crippen LogP contribution in [0.1, 0.15) is 22.0 Å². The van der Waals surface area contributed by atoms with E-state index in [1.165, 1.54) is 4.52 Å². The van der Waals surface area contributed by atoms with E-state index in [2.05, 4.69) is 15.1 Å². The first-order valence-electron chi connectivity index (χ1n) is 5.32. The number of nitrogens with zero attached hydrogens (tertiary/aromatic N) is 4. The van der Waals surface area contributed by atoms with E-state index >= 15 is 0 Å². The molecule has 2 aromatic heterocycles. The van der Waals surface area contributed by atoms with Gasteiger partial charge in [0.2, 0.25) is 5.82 Å². The van der Waals surface area contributed by atoms with Crippen molar-refractivity contribution in [2.75, 3.05) is 6.54 Å². The Morgan fingerprint density at radius 3 is 2.68 bits per heavy atom. The van der Waals surface area contributed by atoms with Gasteiger partial charge in [-0.1, -0.05) is 0 Å². The monoisotopic (exact) mass is 273 g/mol. The predicted molar refractivity (Wildman–Crippen MR) is 58.6 cm³/mol. The zero-order chi connectivity index (χ0) is 14.2. The highest BCUT2D eigenvalue weighted by Gasteiger charge is 2.28. The first-order chi connectivity index (χ1) is 8.76. The molecule has 2 rings (SSSR count). The molecular weight excluding hydrogens is 263 g/mol. The van der Waals surface area contributed by atoms with Crippen LogP contribution in [-0.2, 0) is 0 Å². The van der Waals surface area contributed by atoms with Crippen molar-refractivity contribution in [3.63, 3.8) is 0 Å². The van der Waals surface area contributed by atoms with Crippen LogP contribution in [-0.4, -0.2) is 38.2 Å². The van der Waals surface area contributed by atoms with Gasteiger partial charge in [-0.25, -0.2) is 9.50 Å². The van der Waals surface area contributed by atoms with Gasteiger partial charge < -0.3 is 5.32 Å². The van der Waals surface area contributed by atoms with Crippen molar-refractivity contribution < 1.29 is 18.0 Å². The summed E-state index contributed by atoms with van der Waals surface area (Å²) in [4.78, 5) is 19.3. The molecule has 0 aromatic carbocycles. The normalized spacial score (nSPS) is 11.8. The summed E-state index contributed by atoms with van der Waals surface area (Å²) in [7, 11) is 0. The summed E-state index contributed by atoms with van der Waals surface area (Å²) in [6, 6.07) is 1.72. The maximum absolute atomic E-state index is 12.0. The second kappa shape index (κ2) is 4.48. The lowest BCUT2D eigenvalue weighted by Crippen LogP contribution is -2.34. The molecule has 0 aliphatic heterocycles. The van der Waals surface area contributed by atoms with Gasteiger partial charge in [0.05, 0.1) is 0 Å². The third-order valence-corrected chi connectivity index (χ3v) is 2.27. The summed E-state index contributed by atoms with van der Waals surface area (Å²) >= 11 is 0. The molecule has 0 aliphatic rings. The standard InChI is InChI=1S/C10H10F3N5O/c1-5-3-6(2)18-9(15-5)16-7(17-18)8(19)14-4-10(11,12)13/h3H,4H2,1-2H3,(H,14,19). The third-order valence-electron chi connectivity index (χ3n) is 2.27. The number of hydrogen-bond donors (Lipinski definition) is 1. The van der Waals surface area contributed by atoms with Crippen LogP contribution in [0.5, 0.6) is 0 Å². The van der Waals surface area contributed by atoms with Crippen molar-refractivity contribution in [2.24, 2.45) is 0 Å². The van der Waals surface area contributed by atoms with Crippen LogP contribution >= 0.6 is 0 Å². The third kappa shape index (κ3) is 2.98. The smallest absolute Gasteiger partial charge is 0.340 e. The van der Waals surface area contributed by atoms with Gasteiger partial charge in [-0.05, 0) is 19.9 Å². The van der Waals surface area contributed by atoms with E-state index in [9.17, 15) is 18.0 Å². The number of nitrogens with one attached hydrogen (secondary N) is 1. The second-order valence-corrected chi connectivity index (χ2v) is 3.98. The van der Waals surface area contributed by atoms with E-state index in [0.717, 1.165) is 0 Å². The molecule has 6 nitrogen and oxygen atoms in total. The highest BCUT2D eigenvalue weighted by Crippen LogP contribution is 2.12. The van der Waals surface area contributed by atoms with Gasteiger partial charge >= 0.3 is 6.18 Å². The molecule has 0 unspecified atom stereocenters. The average molecular weight is 273 g/mol. The van der Waals surface area contributed by atoms with Crippen LogP contribution in [0.15, 0.2) is 6.07 Å². The van der Waals surface area contributed by atoms with Crippen molar-refractivity contribution in [2.45, 2.75) is 20.0 Å². The molecular formula is C10H10F3N5O.